The van der Waals surface area contributed by atoms with Gasteiger partial charge >= 0.3 is 0 Å². The predicted octanol–water partition coefficient (Wildman–Crippen LogP) is 1.54. The Labute approximate surface area is 170 Å². The topological polar surface area (TPSA) is 96.0 Å². The molecule has 2 amide bonds. The van der Waals surface area contributed by atoms with Crippen molar-refractivity contribution >= 4 is 27.5 Å². The Hall–Kier alpha value is -2.91. The van der Waals surface area contributed by atoms with Crippen molar-refractivity contribution in [2.24, 2.45) is 0 Å². The number of nitrogens with one attached hydrogen (secondary N) is 1. The zero-order valence-corrected chi connectivity index (χ0v) is 17.3. The Bertz CT molecular complexity index is 1020. The van der Waals surface area contributed by atoms with Gasteiger partial charge in [-0.1, -0.05) is 24.3 Å². The zero-order valence-electron chi connectivity index (χ0n) is 16.5. The van der Waals surface area contributed by atoms with Crippen molar-refractivity contribution in [3.05, 3.63) is 54.1 Å². The summed E-state index contributed by atoms with van der Waals surface area (Å²) >= 11 is 0. The summed E-state index contributed by atoms with van der Waals surface area (Å²) in [6.45, 7) is 1.56. The minimum absolute atomic E-state index is 0.109. The first-order chi connectivity index (χ1) is 13.7. The first-order valence-electron chi connectivity index (χ1n) is 9.04. The van der Waals surface area contributed by atoms with E-state index in [-0.39, 0.29) is 35.9 Å². The van der Waals surface area contributed by atoms with Gasteiger partial charge in [0, 0.05) is 14.1 Å². The van der Waals surface area contributed by atoms with Gasteiger partial charge in [-0.25, -0.2) is 12.7 Å². The minimum Gasteiger partial charge on any atom is -0.482 e. The van der Waals surface area contributed by atoms with Gasteiger partial charge in [-0.15, -0.1) is 0 Å². The molecule has 9 heteroatoms. The van der Waals surface area contributed by atoms with Crippen LogP contribution < -0.4 is 15.0 Å². The molecule has 0 aromatic heterocycles. The van der Waals surface area contributed by atoms with Crippen LogP contribution in [0, 0.1) is 0 Å². The third kappa shape index (κ3) is 4.41. The summed E-state index contributed by atoms with van der Waals surface area (Å²) in [5, 5.41) is 2.84. The van der Waals surface area contributed by atoms with Crippen LogP contribution in [0.15, 0.2) is 53.4 Å². The molecule has 1 heterocycles. The van der Waals surface area contributed by atoms with Crippen LogP contribution in [0.4, 0.5) is 5.69 Å². The molecule has 1 atom stereocenters. The number of rotatable bonds is 6. The third-order valence-electron chi connectivity index (χ3n) is 4.65. The summed E-state index contributed by atoms with van der Waals surface area (Å²) in [4.78, 5) is 26.3. The molecule has 154 valence electrons. The van der Waals surface area contributed by atoms with Gasteiger partial charge in [-0.3, -0.25) is 14.5 Å². The number of nitrogens with zero attached hydrogens (tertiary/aromatic N) is 2. The van der Waals surface area contributed by atoms with Crippen LogP contribution in [0.3, 0.4) is 0 Å². The van der Waals surface area contributed by atoms with Gasteiger partial charge in [-0.05, 0) is 36.8 Å². The number of sulfonamides is 1. The smallest absolute Gasteiger partial charge is 0.265 e. The molecule has 0 radical (unpaired) electrons. The molecule has 1 N–H and O–H groups in total. The highest BCUT2D eigenvalue weighted by Crippen LogP contribution is 2.31. The monoisotopic (exact) mass is 417 g/mol. The average molecular weight is 417 g/mol. The lowest BCUT2D eigenvalue weighted by atomic mass is 10.1. The van der Waals surface area contributed by atoms with Gasteiger partial charge in [0.1, 0.15) is 12.3 Å². The summed E-state index contributed by atoms with van der Waals surface area (Å²) in [6.07, 6.45) is 0. The molecule has 0 saturated carbocycles. The number of carbonyl (C=O) groups is 2. The van der Waals surface area contributed by atoms with Crippen molar-refractivity contribution in [1.29, 1.82) is 0 Å². The summed E-state index contributed by atoms with van der Waals surface area (Å²) in [5.41, 5.74) is 1.31. The normalized spacial score (nSPS) is 14.9. The number of anilines is 1. The van der Waals surface area contributed by atoms with E-state index < -0.39 is 10.0 Å². The minimum atomic E-state index is -3.51. The molecule has 0 saturated heterocycles. The number of amides is 2. The highest BCUT2D eigenvalue weighted by molar-refractivity contribution is 7.89. The lowest BCUT2D eigenvalue weighted by Gasteiger charge is -2.29. The molecule has 8 nitrogen and oxygen atoms in total. The third-order valence-corrected chi connectivity index (χ3v) is 6.48. The van der Waals surface area contributed by atoms with Gasteiger partial charge in [-0.2, -0.15) is 0 Å². The van der Waals surface area contributed by atoms with E-state index in [1.165, 1.54) is 31.1 Å². The number of fused-ring (bicyclic) bond motifs is 1. The number of para-hydroxylation sites is 2. The lowest BCUT2D eigenvalue weighted by molar-refractivity contribution is -0.125. The van der Waals surface area contributed by atoms with E-state index in [0.717, 1.165) is 9.87 Å². The molecule has 0 bridgehead atoms. The highest BCUT2D eigenvalue weighted by atomic mass is 32.2. The summed E-state index contributed by atoms with van der Waals surface area (Å²) in [7, 11) is -0.567. The Morgan fingerprint density at radius 3 is 2.48 bits per heavy atom. The van der Waals surface area contributed by atoms with Crippen LogP contribution in [0.1, 0.15) is 18.5 Å². The molecule has 1 aliphatic heterocycles. The zero-order chi connectivity index (χ0) is 21.2. The van der Waals surface area contributed by atoms with Gasteiger partial charge in [0.05, 0.1) is 16.6 Å². The van der Waals surface area contributed by atoms with E-state index in [4.69, 9.17) is 4.74 Å². The molecule has 1 unspecified atom stereocenters. The number of ether oxygens (including phenoxy) is 1. The van der Waals surface area contributed by atoms with E-state index in [1.807, 2.05) is 0 Å². The van der Waals surface area contributed by atoms with Gasteiger partial charge < -0.3 is 10.1 Å². The fourth-order valence-electron chi connectivity index (χ4n) is 2.98. The quantitative estimate of drug-likeness (QED) is 0.769. The first-order valence-corrected chi connectivity index (χ1v) is 10.5. The molecule has 29 heavy (non-hydrogen) atoms. The highest BCUT2D eigenvalue weighted by Gasteiger charge is 2.27. The van der Waals surface area contributed by atoms with E-state index in [2.05, 4.69) is 5.32 Å². The second-order valence-corrected chi connectivity index (χ2v) is 9.03. The summed E-state index contributed by atoms with van der Waals surface area (Å²) in [6, 6.07) is 13.0. The van der Waals surface area contributed by atoms with Crippen molar-refractivity contribution < 1.29 is 22.7 Å². The molecular formula is C20H23N3O5S. The number of hydrogen-bond donors (Lipinski definition) is 1. The lowest BCUT2D eigenvalue weighted by Crippen LogP contribution is -2.45. The Morgan fingerprint density at radius 2 is 1.83 bits per heavy atom. The van der Waals surface area contributed by atoms with Crippen molar-refractivity contribution in [3.63, 3.8) is 0 Å². The Kier molecular flexibility index (Phi) is 5.90. The van der Waals surface area contributed by atoms with Crippen LogP contribution in [0.25, 0.3) is 0 Å². The molecular weight excluding hydrogens is 394 g/mol. The van der Waals surface area contributed by atoms with Gasteiger partial charge in [0.25, 0.3) is 5.91 Å². The van der Waals surface area contributed by atoms with Crippen molar-refractivity contribution in [2.75, 3.05) is 32.1 Å². The van der Waals surface area contributed by atoms with Crippen molar-refractivity contribution in [1.82, 2.24) is 9.62 Å². The second-order valence-electron chi connectivity index (χ2n) is 6.88. The maximum absolute atomic E-state index is 12.5. The maximum Gasteiger partial charge on any atom is 0.265 e. The summed E-state index contributed by atoms with van der Waals surface area (Å²) < 4.78 is 30.8. The van der Waals surface area contributed by atoms with Crippen molar-refractivity contribution in [2.45, 2.75) is 17.9 Å². The number of carbonyl (C=O) groups excluding carboxylic acids is 2. The Morgan fingerprint density at radius 1 is 1.17 bits per heavy atom. The fraction of sp³-hybridized carbons (Fsp3) is 0.300. The predicted molar refractivity (Wildman–Crippen MR) is 108 cm³/mol. The van der Waals surface area contributed by atoms with Crippen LogP contribution in [-0.2, 0) is 19.6 Å². The van der Waals surface area contributed by atoms with E-state index in [9.17, 15) is 18.0 Å². The first kappa shape index (κ1) is 20.8. The van der Waals surface area contributed by atoms with E-state index in [0.29, 0.717) is 11.4 Å². The van der Waals surface area contributed by atoms with Gasteiger partial charge in [0.15, 0.2) is 6.61 Å². The van der Waals surface area contributed by atoms with Crippen molar-refractivity contribution in [3.8, 4) is 5.75 Å². The van der Waals surface area contributed by atoms with Crippen LogP contribution in [0.5, 0.6) is 5.75 Å². The fourth-order valence-corrected chi connectivity index (χ4v) is 3.88. The Balaban J connectivity index is 1.68. The molecule has 0 aliphatic carbocycles. The molecule has 2 aromatic carbocycles. The van der Waals surface area contributed by atoms with Gasteiger partial charge in [0.2, 0.25) is 15.9 Å². The van der Waals surface area contributed by atoms with Crippen LogP contribution >= 0.6 is 0 Å². The summed E-state index contributed by atoms with van der Waals surface area (Å²) in [5.74, 6) is -0.0528. The molecule has 2 aromatic rings. The number of hydrogen-bond acceptors (Lipinski definition) is 5. The van der Waals surface area contributed by atoms with E-state index in [1.54, 1.807) is 43.3 Å². The molecule has 0 fully saturated rings. The largest absolute Gasteiger partial charge is 0.482 e. The second kappa shape index (κ2) is 8.22. The maximum atomic E-state index is 12.5. The number of benzene rings is 2. The standard InChI is InChI=1S/C20H23N3O5S/c1-14(15-8-10-16(11-9-15)29(26,27)22(2)3)21-19(24)12-23-17-6-4-5-7-18(17)28-13-20(23)25/h4-11,14H,12-13H2,1-3H3,(H,21,24). The molecule has 3 rings (SSSR count). The SMILES string of the molecule is CC(NC(=O)CN1C(=O)COc2ccccc21)c1ccc(S(=O)(=O)N(C)C)cc1. The van der Waals surface area contributed by atoms with Crippen LogP contribution in [-0.4, -0.2) is 51.8 Å². The molecule has 0 spiro atoms. The molecule has 1 aliphatic rings. The van der Waals surface area contributed by atoms with E-state index >= 15 is 0 Å². The average Bonchev–Trinajstić information content (AvgIpc) is 2.70. The van der Waals surface area contributed by atoms with Crippen LogP contribution in [0.2, 0.25) is 0 Å².